The molecule has 156 valence electrons. The minimum Gasteiger partial charge on any atom is -0.464 e. The molecule has 0 bridgehead atoms. The maximum atomic E-state index is 12.7. The predicted molar refractivity (Wildman–Crippen MR) is 118 cm³/mol. The molecule has 1 atom stereocenters. The molecule has 0 spiro atoms. The van der Waals surface area contributed by atoms with Gasteiger partial charge in [0.1, 0.15) is 11.4 Å². The molecular weight excluding hydrogens is 392 g/mol. The zero-order valence-electron chi connectivity index (χ0n) is 16.9. The molecule has 1 aromatic carbocycles. The van der Waals surface area contributed by atoms with E-state index in [1.54, 1.807) is 18.7 Å². The summed E-state index contributed by atoms with van der Waals surface area (Å²) in [7, 11) is 0. The molecule has 31 heavy (non-hydrogen) atoms. The number of carbonyl (C=O) groups is 1. The highest BCUT2D eigenvalue weighted by Crippen LogP contribution is 2.27. The summed E-state index contributed by atoms with van der Waals surface area (Å²) in [4.78, 5) is 23.8. The molecule has 1 fully saturated rings. The highest BCUT2D eigenvalue weighted by atomic mass is 16.3. The summed E-state index contributed by atoms with van der Waals surface area (Å²) in [6, 6.07) is 15.1. The molecule has 1 saturated heterocycles. The van der Waals surface area contributed by atoms with Gasteiger partial charge in [-0.3, -0.25) is 9.78 Å². The van der Waals surface area contributed by atoms with Crippen LogP contribution < -0.4 is 10.2 Å². The fourth-order valence-electron chi connectivity index (χ4n) is 3.96. The van der Waals surface area contributed by atoms with Crippen LogP contribution in [-0.4, -0.2) is 40.1 Å². The van der Waals surface area contributed by atoms with Crippen molar-refractivity contribution in [1.82, 2.24) is 15.3 Å². The number of nitrogens with one attached hydrogen (secondary N) is 1. The van der Waals surface area contributed by atoms with Gasteiger partial charge in [0, 0.05) is 48.0 Å². The second-order valence-corrected chi connectivity index (χ2v) is 7.66. The first-order chi connectivity index (χ1) is 15.2. The largest absolute Gasteiger partial charge is 0.464 e. The molecule has 5 rings (SSSR count). The molecular formula is C24H22N4O3. The van der Waals surface area contributed by atoms with E-state index in [1.807, 2.05) is 48.5 Å². The smallest absolute Gasteiger partial charge is 0.251 e. The molecule has 1 unspecified atom stereocenters. The standard InChI is InChI=1S/C24H22N4O3/c29-15-16-1-6-22(26-13-16)28-11-8-19(14-28)27-24(30)18-4-2-17(3-5-18)23-20-9-12-31-21(20)7-10-25-23/h1-7,9-10,12-13,19,29H,8,11,14-15H2,(H,27,30). The van der Waals surface area contributed by atoms with Crippen LogP contribution in [0.4, 0.5) is 5.82 Å². The van der Waals surface area contributed by atoms with Crippen molar-refractivity contribution in [2.24, 2.45) is 0 Å². The number of benzene rings is 1. The highest BCUT2D eigenvalue weighted by molar-refractivity contribution is 5.96. The number of anilines is 1. The van der Waals surface area contributed by atoms with Crippen LogP contribution >= 0.6 is 0 Å². The molecule has 7 heteroatoms. The minimum absolute atomic E-state index is 0.0158. The van der Waals surface area contributed by atoms with E-state index in [0.29, 0.717) is 12.1 Å². The molecule has 4 heterocycles. The van der Waals surface area contributed by atoms with Crippen molar-refractivity contribution < 1.29 is 14.3 Å². The van der Waals surface area contributed by atoms with Crippen molar-refractivity contribution in [3.63, 3.8) is 0 Å². The molecule has 0 saturated carbocycles. The van der Waals surface area contributed by atoms with Crippen LogP contribution in [0.3, 0.4) is 0 Å². The Morgan fingerprint density at radius 1 is 1.13 bits per heavy atom. The van der Waals surface area contributed by atoms with Crippen LogP contribution in [0.1, 0.15) is 22.3 Å². The summed E-state index contributed by atoms with van der Waals surface area (Å²) in [6.45, 7) is 1.52. The number of hydrogen-bond donors (Lipinski definition) is 2. The SMILES string of the molecule is O=C(NC1CCN(c2ccc(CO)cn2)C1)c1ccc(-c2nccc3occc23)cc1. The van der Waals surface area contributed by atoms with Crippen molar-refractivity contribution in [1.29, 1.82) is 0 Å². The molecule has 1 aliphatic heterocycles. The maximum Gasteiger partial charge on any atom is 0.251 e. The Hall–Kier alpha value is -3.71. The van der Waals surface area contributed by atoms with Crippen molar-refractivity contribution in [2.75, 3.05) is 18.0 Å². The second-order valence-electron chi connectivity index (χ2n) is 7.66. The second kappa shape index (κ2) is 8.20. The number of hydrogen-bond acceptors (Lipinski definition) is 6. The molecule has 4 aromatic rings. The number of carbonyl (C=O) groups excluding carboxylic acids is 1. The van der Waals surface area contributed by atoms with Crippen LogP contribution in [0, 0.1) is 0 Å². The highest BCUT2D eigenvalue weighted by Gasteiger charge is 2.25. The summed E-state index contributed by atoms with van der Waals surface area (Å²) in [6.07, 6.45) is 5.92. The zero-order chi connectivity index (χ0) is 21.2. The van der Waals surface area contributed by atoms with Gasteiger partial charge in [0.25, 0.3) is 5.91 Å². The van der Waals surface area contributed by atoms with Crippen LogP contribution in [0.25, 0.3) is 22.2 Å². The van der Waals surface area contributed by atoms with Gasteiger partial charge in [-0.25, -0.2) is 4.98 Å². The Balaban J connectivity index is 1.24. The Kier molecular flexibility index (Phi) is 5.09. The molecule has 0 radical (unpaired) electrons. The normalized spacial score (nSPS) is 16.0. The fraction of sp³-hybridized carbons (Fsp3) is 0.208. The Morgan fingerprint density at radius 3 is 2.77 bits per heavy atom. The Labute approximate surface area is 179 Å². The summed E-state index contributed by atoms with van der Waals surface area (Å²) >= 11 is 0. The molecule has 1 amide bonds. The van der Waals surface area contributed by atoms with E-state index in [2.05, 4.69) is 20.2 Å². The number of amides is 1. The van der Waals surface area contributed by atoms with Gasteiger partial charge in [0.2, 0.25) is 0 Å². The number of nitrogens with zero attached hydrogens (tertiary/aromatic N) is 3. The van der Waals surface area contributed by atoms with E-state index in [4.69, 9.17) is 9.52 Å². The van der Waals surface area contributed by atoms with Crippen LogP contribution in [0.5, 0.6) is 0 Å². The molecule has 2 N–H and O–H groups in total. The topological polar surface area (TPSA) is 91.5 Å². The lowest BCUT2D eigenvalue weighted by atomic mass is 10.1. The van der Waals surface area contributed by atoms with Crippen LogP contribution in [0.2, 0.25) is 0 Å². The summed E-state index contributed by atoms with van der Waals surface area (Å²) in [5, 5.41) is 13.2. The lowest BCUT2D eigenvalue weighted by molar-refractivity contribution is 0.0940. The minimum atomic E-state index is -0.0866. The van der Waals surface area contributed by atoms with Gasteiger partial charge in [0.05, 0.1) is 18.6 Å². The lowest BCUT2D eigenvalue weighted by Crippen LogP contribution is -2.37. The van der Waals surface area contributed by atoms with E-state index >= 15 is 0 Å². The first-order valence-corrected chi connectivity index (χ1v) is 10.3. The molecule has 0 aliphatic carbocycles. The number of aromatic nitrogens is 2. The van der Waals surface area contributed by atoms with Crippen molar-refractivity contribution >= 4 is 22.7 Å². The van der Waals surface area contributed by atoms with Crippen molar-refractivity contribution in [2.45, 2.75) is 19.1 Å². The number of furan rings is 1. The van der Waals surface area contributed by atoms with Crippen molar-refractivity contribution in [3.8, 4) is 11.3 Å². The summed E-state index contributed by atoms with van der Waals surface area (Å²) in [5.41, 5.74) is 3.97. The van der Waals surface area contributed by atoms with E-state index in [1.165, 1.54) is 0 Å². The number of rotatable bonds is 5. The third-order valence-corrected chi connectivity index (χ3v) is 5.64. The quantitative estimate of drug-likeness (QED) is 0.520. The molecule has 7 nitrogen and oxygen atoms in total. The van der Waals surface area contributed by atoms with Gasteiger partial charge >= 0.3 is 0 Å². The van der Waals surface area contributed by atoms with Gasteiger partial charge in [-0.05, 0) is 42.3 Å². The third kappa shape index (κ3) is 3.87. The number of aliphatic hydroxyl groups is 1. The third-order valence-electron chi connectivity index (χ3n) is 5.64. The van der Waals surface area contributed by atoms with Crippen molar-refractivity contribution in [3.05, 3.63) is 78.3 Å². The van der Waals surface area contributed by atoms with Gasteiger partial charge in [-0.1, -0.05) is 18.2 Å². The van der Waals surface area contributed by atoms with Crippen LogP contribution in [0.15, 0.2) is 71.6 Å². The van der Waals surface area contributed by atoms with Gasteiger partial charge in [-0.2, -0.15) is 0 Å². The number of pyridine rings is 2. The van der Waals surface area contributed by atoms with Gasteiger partial charge in [-0.15, -0.1) is 0 Å². The average Bonchev–Trinajstić information content (AvgIpc) is 3.49. The van der Waals surface area contributed by atoms with Crippen LogP contribution in [-0.2, 0) is 6.61 Å². The summed E-state index contributed by atoms with van der Waals surface area (Å²) in [5.74, 6) is 0.774. The van der Waals surface area contributed by atoms with E-state index < -0.39 is 0 Å². The fourth-order valence-corrected chi connectivity index (χ4v) is 3.96. The Bertz CT molecular complexity index is 1200. The number of aliphatic hydroxyl groups excluding tert-OH is 1. The monoisotopic (exact) mass is 414 g/mol. The first-order valence-electron chi connectivity index (χ1n) is 10.3. The molecule has 1 aliphatic rings. The lowest BCUT2D eigenvalue weighted by Gasteiger charge is -2.18. The maximum absolute atomic E-state index is 12.7. The number of fused-ring (bicyclic) bond motifs is 1. The van der Waals surface area contributed by atoms with E-state index in [-0.39, 0.29) is 18.6 Å². The Morgan fingerprint density at radius 2 is 2.00 bits per heavy atom. The first kappa shape index (κ1) is 19.3. The average molecular weight is 414 g/mol. The van der Waals surface area contributed by atoms with Gasteiger partial charge in [0.15, 0.2) is 0 Å². The van der Waals surface area contributed by atoms with E-state index in [9.17, 15) is 4.79 Å². The predicted octanol–water partition coefficient (Wildman–Crippen LogP) is 3.39. The van der Waals surface area contributed by atoms with E-state index in [0.717, 1.165) is 46.6 Å². The zero-order valence-corrected chi connectivity index (χ0v) is 16.9. The molecule has 3 aromatic heterocycles. The summed E-state index contributed by atoms with van der Waals surface area (Å²) < 4.78 is 5.44. The van der Waals surface area contributed by atoms with Gasteiger partial charge < -0.3 is 19.7 Å².